The highest BCUT2D eigenvalue weighted by molar-refractivity contribution is 5.94. The lowest BCUT2D eigenvalue weighted by Crippen LogP contribution is -2.32. The molecule has 0 radical (unpaired) electrons. The molecule has 0 bridgehead atoms. The Labute approximate surface area is 174 Å². The molecule has 0 aliphatic carbocycles. The van der Waals surface area contributed by atoms with E-state index in [1.54, 1.807) is 38.5 Å². The van der Waals surface area contributed by atoms with E-state index in [1.165, 1.54) is 18.2 Å². The fourth-order valence-corrected chi connectivity index (χ4v) is 2.99. The second-order valence-electron chi connectivity index (χ2n) is 6.87. The SMILES string of the molecule is CC[C@H](C)[C@@H](NC(=O)c1cccc(F)c1)c1nc(-c2ccc(OC)c(OC)c2)no1. The van der Waals surface area contributed by atoms with Gasteiger partial charge in [0.25, 0.3) is 5.91 Å². The van der Waals surface area contributed by atoms with Gasteiger partial charge in [-0.25, -0.2) is 4.39 Å². The van der Waals surface area contributed by atoms with Crippen molar-refractivity contribution in [2.75, 3.05) is 14.2 Å². The van der Waals surface area contributed by atoms with Crippen LogP contribution in [0.1, 0.15) is 42.6 Å². The summed E-state index contributed by atoms with van der Waals surface area (Å²) < 4.78 is 29.5. The molecule has 2 atom stereocenters. The normalized spacial score (nSPS) is 12.8. The van der Waals surface area contributed by atoms with Crippen LogP contribution >= 0.6 is 0 Å². The average molecular weight is 413 g/mol. The van der Waals surface area contributed by atoms with Gasteiger partial charge >= 0.3 is 0 Å². The minimum Gasteiger partial charge on any atom is -0.493 e. The summed E-state index contributed by atoms with van der Waals surface area (Å²) in [5.74, 6) is 0.894. The summed E-state index contributed by atoms with van der Waals surface area (Å²) in [5.41, 5.74) is 0.907. The lowest BCUT2D eigenvalue weighted by Gasteiger charge is -2.20. The quantitative estimate of drug-likeness (QED) is 0.589. The Bertz CT molecular complexity index is 1020. The zero-order valence-electron chi connectivity index (χ0n) is 17.3. The van der Waals surface area contributed by atoms with Gasteiger partial charge in [0.05, 0.1) is 14.2 Å². The van der Waals surface area contributed by atoms with Crippen LogP contribution < -0.4 is 14.8 Å². The maximum atomic E-state index is 13.5. The van der Waals surface area contributed by atoms with Gasteiger partial charge in [0, 0.05) is 11.1 Å². The first-order valence-corrected chi connectivity index (χ1v) is 9.59. The minimum absolute atomic E-state index is 0.0150. The molecule has 0 aliphatic heterocycles. The van der Waals surface area contributed by atoms with Crippen LogP contribution in [-0.2, 0) is 0 Å². The van der Waals surface area contributed by atoms with Gasteiger partial charge in [0.2, 0.25) is 11.7 Å². The Kier molecular flexibility index (Phi) is 6.66. The molecule has 0 saturated heterocycles. The molecule has 3 rings (SSSR count). The van der Waals surface area contributed by atoms with Crippen LogP contribution in [-0.4, -0.2) is 30.3 Å². The fraction of sp³-hybridized carbons (Fsp3) is 0.318. The Hall–Kier alpha value is -3.42. The molecule has 158 valence electrons. The zero-order valence-corrected chi connectivity index (χ0v) is 17.3. The standard InChI is InChI=1S/C22H24FN3O4/c1-5-13(2)19(24-21(27)15-7-6-8-16(23)11-15)22-25-20(26-30-22)14-9-10-17(28-3)18(12-14)29-4/h6-13,19H,5H2,1-4H3,(H,24,27)/t13-,19+/m0/s1. The maximum absolute atomic E-state index is 13.5. The van der Waals surface area contributed by atoms with E-state index in [1.807, 2.05) is 13.8 Å². The lowest BCUT2D eigenvalue weighted by atomic mass is 9.98. The maximum Gasteiger partial charge on any atom is 0.252 e. The molecular weight excluding hydrogens is 389 g/mol. The van der Waals surface area contributed by atoms with Gasteiger partial charge in [-0.1, -0.05) is 31.5 Å². The number of halogens is 1. The van der Waals surface area contributed by atoms with Crippen molar-refractivity contribution in [2.45, 2.75) is 26.3 Å². The summed E-state index contributed by atoms with van der Waals surface area (Å²) >= 11 is 0. The third-order valence-corrected chi connectivity index (χ3v) is 4.94. The predicted octanol–water partition coefficient (Wildman–Crippen LogP) is 4.41. The fourth-order valence-electron chi connectivity index (χ4n) is 2.99. The van der Waals surface area contributed by atoms with E-state index in [2.05, 4.69) is 15.5 Å². The summed E-state index contributed by atoms with van der Waals surface area (Å²) in [7, 11) is 3.10. The Balaban J connectivity index is 1.88. The number of hydrogen-bond acceptors (Lipinski definition) is 6. The van der Waals surface area contributed by atoms with Crippen LogP contribution in [0.15, 0.2) is 47.0 Å². The van der Waals surface area contributed by atoms with E-state index >= 15 is 0 Å². The molecule has 0 saturated carbocycles. The number of aromatic nitrogens is 2. The van der Waals surface area contributed by atoms with Gasteiger partial charge in [0.1, 0.15) is 11.9 Å². The Morgan fingerprint density at radius 1 is 1.17 bits per heavy atom. The van der Waals surface area contributed by atoms with Crippen LogP contribution in [0.3, 0.4) is 0 Å². The van der Waals surface area contributed by atoms with E-state index in [0.717, 1.165) is 6.42 Å². The van der Waals surface area contributed by atoms with Crippen molar-refractivity contribution in [1.82, 2.24) is 15.5 Å². The Morgan fingerprint density at radius 2 is 1.93 bits per heavy atom. The van der Waals surface area contributed by atoms with E-state index in [4.69, 9.17) is 14.0 Å². The first-order valence-electron chi connectivity index (χ1n) is 9.59. The summed E-state index contributed by atoms with van der Waals surface area (Å²) in [6, 6.07) is 10.3. The Morgan fingerprint density at radius 3 is 2.60 bits per heavy atom. The summed E-state index contributed by atoms with van der Waals surface area (Å²) in [5, 5.41) is 6.94. The zero-order chi connectivity index (χ0) is 21.7. The van der Waals surface area contributed by atoms with Crippen molar-refractivity contribution in [3.05, 3.63) is 59.7 Å². The number of rotatable bonds is 8. The van der Waals surface area contributed by atoms with Crippen molar-refractivity contribution in [3.8, 4) is 22.9 Å². The number of carbonyl (C=O) groups is 1. The van der Waals surface area contributed by atoms with Gasteiger partial charge in [-0.3, -0.25) is 4.79 Å². The first kappa shape index (κ1) is 21.3. The van der Waals surface area contributed by atoms with Crippen molar-refractivity contribution < 1.29 is 23.2 Å². The van der Waals surface area contributed by atoms with E-state index in [9.17, 15) is 9.18 Å². The molecule has 30 heavy (non-hydrogen) atoms. The molecule has 0 spiro atoms. The largest absolute Gasteiger partial charge is 0.493 e. The third kappa shape index (κ3) is 4.59. The first-order chi connectivity index (χ1) is 14.5. The van der Waals surface area contributed by atoms with Crippen molar-refractivity contribution >= 4 is 5.91 Å². The second-order valence-corrected chi connectivity index (χ2v) is 6.87. The number of nitrogens with one attached hydrogen (secondary N) is 1. The molecule has 1 aromatic heterocycles. The molecule has 8 heteroatoms. The average Bonchev–Trinajstić information content (AvgIpc) is 3.26. The summed E-state index contributed by atoms with van der Waals surface area (Å²) in [4.78, 5) is 17.1. The van der Waals surface area contributed by atoms with Crippen molar-refractivity contribution in [3.63, 3.8) is 0 Å². The topological polar surface area (TPSA) is 86.5 Å². The summed E-state index contributed by atoms with van der Waals surface area (Å²) in [6.45, 7) is 3.97. The van der Waals surface area contributed by atoms with Crippen LogP contribution in [0.4, 0.5) is 4.39 Å². The molecule has 7 nitrogen and oxygen atoms in total. The van der Waals surface area contributed by atoms with Gasteiger partial charge in [-0.2, -0.15) is 4.98 Å². The van der Waals surface area contributed by atoms with Crippen LogP contribution in [0, 0.1) is 11.7 Å². The third-order valence-electron chi connectivity index (χ3n) is 4.94. The number of ether oxygens (including phenoxy) is 2. The smallest absolute Gasteiger partial charge is 0.252 e. The molecule has 1 heterocycles. The molecule has 1 N–H and O–H groups in total. The van der Waals surface area contributed by atoms with Crippen molar-refractivity contribution in [2.24, 2.45) is 5.92 Å². The van der Waals surface area contributed by atoms with E-state index in [0.29, 0.717) is 22.9 Å². The van der Waals surface area contributed by atoms with Crippen LogP contribution in [0.25, 0.3) is 11.4 Å². The highest BCUT2D eigenvalue weighted by Crippen LogP contribution is 2.32. The van der Waals surface area contributed by atoms with E-state index in [-0.39, 0.29) is 17.4 Å². The molecular formula is C22H24FN3O4. The van der Waals surface area contributed by atoms with Gasteiger partial charge < -0.3 is 19.3 Å². The molecule has 0 unspecified atom stereocenters. The number of nitrogens with zero attached hydrogens (tertiary/aromatic N) is 2. The number of benzene rings is 2. The minimum atomic E-state index is -0.521. The van der Waals surface area contributed by atoms with Gasteiger partial charge in [0.15, 0.2) is 11.5 Å². The molecule has 3 aromatic rings. The molecule has 1 amide bonds. The second kappa shape index (κ2) is 9.39. The monoisotopic (exact) mass is 413 g/mol. The molecule has 2 aromatic carbocycles. The highest BCUT2D eigenvalue weighted by Gasteiger charge is 2.27. The summed E-state index contributed by atoms with van der Waals surface area (Å²) in [6.07, 6.45) is 0.766. The van der Waals surface area contributed by atoms with Crippen LogP contribution in [0.2, 0.25) is 0 Å². The number of amides is 1. The van der Waals surface area contributed by atoms with Crippen molar-refractivity contribution in [1.29, 1.82) is 0 Å². The number of methoxy groups -OCH3 is 2. The predicted molar refractivity (Wildman–Crippen MR) is 109 cm³/mol. The lowest BCUT2D eigenvalue weighted by molar-refractivity contribution is 0.0909. The highest BCUT2D eigenvalue weighted by atomic mass is 19.1. The molecule has 0 fully saturated rings. The van der Waals surface area contributed by atoms with Gasteiger partial charge in [-0.15, -0.1) is 0 Å². The van der Waals surface area contributed by atoms with Crippen LogP contribution in [0.5, 0.6) is 11.5 Å². The number of carbonyl (C=O) groups excluding carboxylic acids is 1. The van der Waals surface area contributed by atoms with E-state index < -0.39 is 17.8 Å². The number of hydrogen-bond donors (Lipinski definition) is 1. The molecule has 0 aliphatic rings. The van der Waals surface area contributed by atoms with Gasteiger partial charge in [-0.05, 0) is 42.3 Å².